The molecule has 2 atom stereocenters. The molecule has 0 bridgehead atoms. The van der Waals surface area contributed by atoms with Gasteiger partial charge in [0.25, 0.3) is 11.4 Å². The van der Waals surface area contributed by atoms with Crippen LogP contribution in [0, 0.1) is 26.1 Å². The number of nitrogens with zero attached hydrogens (tertiary/aromatic N) is 3. The molecule has 15 nitrogen and oxygen atoms in total. The zero-order chi connectivity index (χ0) is 31.7. The highest BCUT2D eigenvalue weighted by atomic mass is 35.5. The van der Waals surface area contributed by atoms with E-state index in [-0.39, 0.29) is 43.0 Å². The van der Waals surface area contributed by atoms with E-state index < -0.39 is 22.0 Å². The highest BCUT2D eigenvalue weighted by molar-refractivity contribution is 7.81. The molecule has 17 heteroatoms. The Bertz CT molecular complexity index is 1200. The minimum atomic E-state index is -0.891. The number of carbonyl (C=O) groups is 2. The second kappa shape index (κ2) is 20.1. The average molecular weight is 668 g/mol. The van der Waals surface area contributed by atoms with Crippen molar-refractivity contribution in [3.8, 4) is 0 Å². The van der Waals surface area contributed by atoms with E-state index in [9.17, 15) is 29.8 Å². The molecule has 4 N–H and O–H groups in total. The number of rotatable bonds is 10. The van der Waals surface area contributed by atoms with Crippen LogP contribution in [-0.4, -0.2) is 66.0 Å². The molecule has 2 aliphatic heterocycles. The number of ether oxygens (including phenoxy) is 2. The number of alkyl carbamates (subject to hydrolysis) is 2. The number of guanidine groups is 1. The molecule has 0 spiro atoms. The number of nitrogens with one attached hydrogen (secondary N) is 4. The third-order valence-electron chi connectivity index (χ3n) is 6.71. The summed E-state index contributed by atoms with van der Waals surface area (Å²) < 4.78 is 10.3. The summed E-state index contributed by atoms with van der Waals surface area (Å²) in [6.07, 6.45) is 2.24. The van der Waals surface area contributed by atoms with E-state index in [1.807, 2.05) is 0 Å². The first-order valence-corrected chi connectivity index (χ1v) is 14.7. The van der Waals surface area contributed by atoms with Gasteiger partial charge in [0.15, 0.2) is 0 Å². The maximum atomic E-state index is 12.3. The van der Waals surface area contributed by atoms with Crippen LogP contribution >= 0.6 is 25.0 Å². The summed E-state index contributed by atoms with van der Waals surface area (Å²) in [5.74, 6) is 0.407. The summed E-state index contributed by atoms with van der Waals surface area (Å²) in [5, 5.41) is 33.4. The number of non-ortho nitro benzene ring substituents is 2. The normalized spacial score (nSPS) is 16.6. The molecule has 2 saturated heterocycles. The summed E-state index contributed by atoms with van der Waals surface area (Å²) in [6, 6.07) is 11.0. The number of amides is 2. The Balaban J connectivity index is 0.000000900. The summed E-state index contributed by atoms with van der Waals surface area (Å²) >= 11 is 4.23. The third kappa shape index (κ3) is 14.6. The van der Waals surface area contributed by atoms with Crippen LogP contribution in [0.1, 0.15) is 36.8 Å². The smallest absolute Gasteiger partial charge is 0.414 e. The fourth-order valence-electron chi connectivity index (χ4n) is 4.27. The van der Waals surface area contributed by atoms with Gasteiger partial charge in [0.2, 0.25) is 5.96 Å². The van der Waals surface area contributed by atoms with Crippen LogP contribution in [0.25, 0.3) is 0 Å². The van der Waals surface area contributed by atoms with E-state index in [4.69, 9.17) is 9.47 Å². The predicted molar refractivity (Wildman–Crippen MR) is 173 cm³/mol. The summed E-state index contributed by atoms with van der Waals surface area (Å²) in [7, 11) is 0. The van der Waals surface area contributed by atoms with Gasteiger partial charge in [0, 0.05) is 42.6 Å². The molecule has 2 heterocycles. The molecule has 4 rings (SSSR count). The van der Waals surface area contributed by atoms with Gasteiger partial charge in [-0.1, -0.05) is 0 Å². The van der Waals surface area contributed by atoms with Gasteiger partial charge in [-0.05, 0) is 86.6 Å². The third-order valence-corrected chi connectivity index (χ3v) is 7.15. The molecular weight excluding hydrogens is 630 g/mol. The Morgan fingerprint density at radius 2 is 1.33 bits per heavy atom. The number of nitro groups is 2. The van der Waals surface area contributed by atoms with Crippen LogP contribution in [-0.2, 0) is 22.7 Å². The number of benzene rings is 2. The number of halogens is 1. The second-order valence-corrected chi connectivity index (χ2v) is 10.9. The van der Waals surface area contributed by atoms with E-state index >= 15 is 0 Å². The van der Waals surface area contributed by atoms with Gasteiger partial charge >= 0.3 is 12.2 Å². The number of hydrogen-bond donors (Lipinski definition) is 5. The number of thiol groups is 1. The van der Waals surface area contributed by atoms with E-state index in [2.05, 4.69) is 38.9 Å². The number of nitro benzene ring substituents is 2. The van der Waals surface area contributed by atoms with Gasteiger partial charge in [-0.3, -0.25) is 35.9 Å². The number of hydrogen-bond acceptors (Lipinski definition) is 12. The molecule has 1 unspecified atom stereocenters. The van der Waals surface area contributed by atoms with E-state index in [0.717, 1.165) is 45.4 Å². The molecule has 246 valence electrons. The molecule has 0 aliphatic carbocycles. The topological polar surface area (TPSA) is 199 Å². The van der Waals surface area contributed by atoms with Crippen LogP contribution in [0.5, 0.6) is 0 Å². The lowest BCUT2D eigenvalue weighted by Gasteiger charge is -2.12. The second-order valence-electron chi connectivity index (χ2n) is 10.1. The van der Waals surface area contributed by atoms with Gasteiger partial charge < -0.3 is 20.1 Å². The minimum absolute atomic E-state index is 0. The Kier molecular flexibility index (Phi) is 16.6. The van der Waals surface area contributed by atoms with E-state index in [0.29, 0.717) is 28.8 Å². The van der Waals surface area contributed by atoms with Crippen LogP contribution in [0.15, 0.2) is 53.5 Å². The van der Waals surface area contributed by atoms with Crippen molar-refractivity contribution in [2.75, 3.05) is 32.7 Å². The van der Waals surface area contributed by atoms with E-state index in [1.54, 1.807) is 0 Å². The fourth-order valence-corrected chi connectivity index (χ4v) is 4.53. The van der Waals surface area contributed by atoms with Gasteiger partial charge in [0.1, 0.15) is 13.2 Å². The van der Waals surface area contributed by atoms with Gasteiger partial charge in [-0.2, -0.15) is 12.6 Å². The lowest BCUT2D eigenvalue weighted by Crippen LogP contribution is -2.44. The van der Waals surface area contributed by atoms with Crippen molar-refractivity contribution < 1.29 is 28.9 Å². The monoisotopic (exact) mass is 667 g/mol. The highest BCUT2D eigenvalue weighted by Crippen LogP contribution is 2.15. The zero-order valence-electron chi connectivity index (χ0n) is 24.5. The molecule has 0 saturated carbocycles. The van der Waals surface area contributed by atoms with Crippen molar-refractivity contribution in [2.24, 2.45) is 10.9 Å². The lowest BCUT2D eigenvalue weighted by atomic mass is 10.0. The summed E-state index contributed by atoms with van der Waals surface area (Å²) in [5.41, 5.74) is 0.893. The van der Waals surface area contributed by atoms with Crippen LogP contribution in [0.3, 0.4) is 0 Å². The van der Waals surface area contributed by atoms with Crippen molar-refractivity contribution in [1.29, 1.82) is 0 Å². The predicted octanol–water partition coefficient (Wildman–Crippen LogP) is 4.10. The van der Waals surface area contributed by atoms with Crippen molar-refractivity contribution in [3.05, 3.63) is 79.9 Å². The quantitative estimate of drug-likeness (QED) is 0.0614. The Hall–Kier alpha value is -3.99. The largest absolute Gasteiger partial charge is 0.444 e. The first-order chi connectivity index (χ1) is 21.2. The molecular formula is C28H38ClN7O8S. The maximum Gasteiger partial charge on any atom is 0.414 e. The first-order valence-electron chi connectivity index (χ1n) is 14.2. The van der Waals surface area contributed by atoms with Crippen molar-refractivity contribution >= 4 is 54.6 Å². The lowest BCUT2D eigenvalue weighted by molar-refractivity contribution is -0.385. The molecule has 2 aliphatic rings. The number of aliphatic imine (C=N–C) groups is 1. The molecule has 2 aromatic rings. The minimum Gasteiger partial charge on any atom is -0.444 e. The Morgan fingerprint density at radius 3 is 1.71 bits per heavy atom. The van der Waals surface area contributed by atoms with Crippen molar-refractivity contribution in [3.63, 3.8) is 0 Å². The standard InChI is InChI=1S/C24H28N6O8.C4H9NS.ClH/c31-23(37-15-18-3-7-20(8-4-18)29(33)34)27-22(26-12-1-2-17-11-13-25-14-17)28-24(32)38-16-19-5-9-21(10-6-19)30(35)36;6-4-1-2-5-3-4;/h3-10,17,25H,1-2,11-16H2,(H2,26,27,28,31,32);4-6H,1-3H2;1H/t17-;;/m0../s1. The van der Waals surface area contributed by atoms with Crippen molar-refractivity contribution in [2.45, 2.75) is 44.1 Å². The number of carbonyl (C=O) groups excluding carboxylic acids is 2. The molecule has 2 aromatic carbocycles. The van der Waals surface area contributed by atoms with Crippen molar-refractivity contribution in [1.82, 2.24) is 21.3 Å². The van der Waals surface area contributed by atoms with Gasteiger partial charge in [0.05, 0.1) is 9.85 Å². The SMILES string of the molecule is Cl.O=C(NC(=NCCC[C@H]1CCNC1)NC(=O)OCc1ccc([N+](=O)[O-])cc1)OCc1ccc([N+](=O)[O-])cc1.SC1CCNC1. The Morgan fingerprint density at radius 1 is 0.844 bits per heavy atom. The van der Waals surface area contributed by atoms with Gasteiger partial charge in [-0.25, -0.2) is 9.59 Å². The molecule has 2 fully saturated rings. The summed E-state index contributed by atoms with van der Waals surface area (Å²) in [4.78, 5) is 49.3. The molecule has 2 amide bonds. The van der Waals surface area contributed by atoms with Crippen LogP contribution in [0.4, 0.5) is 21.0 Å². The molecule has 0 aromatic heterocycles. The maximum absolute atomic E-state index is 12.3. The zero-order valence-corrected chi connectivity index (χ0v) is 26.2. The molecule has 45 heavy (non-hydrogen) atoms. The average Bonchev–Trinajstić information content (AvgIpc) is 3.72. The first kappa shape index (κ1) is 37.2. The summed E-state index contributed by atoms with van der Waals surface area (Å²) in [6.45, 7) is 4.24. The van der Waals surface area contributed by atoms with Crippen LogP contribution in [0.2, 0.25) is 0 Å². The fraction of sp³-hybridized carbons (Fsp3) is 0.464. The van der Waals surface area contributed by atoms with Crippen LogP contribution < -0.4 is 21.3 Å². The van der Waals surface area contributed by atoms with Gasteiger partial charge in [-0.15, -0.1) is 12.4 Å². The molecule has 0 radical (unpaired) electrons. The Labute approximate surface area is 272 Å². The highest BCUT2D eigenvalue weighted by Gasteiger charge is 2.15. The van der Waals surface area contributed by atoms with E-state index in [1.165, 1.54) is 55.0 Å².